The van der Waals surface area contributed by atoms with Crippen molar-refractivity contribution in [3.63, 3.8) is 0 Å². The zero-order chi connectivity index (χ0) is 15.5. The SMILES string of the molecule is CCCNC1(C#N)CCCC(N2CCC(C(C)(C)C)C2)C1. The Morgan fingerprint density at radius 1 is 1.33 bits per heavy atom. The summed E-state index contributed by atoms with van der Waals surface area (Å²) in [7, 11) is 0. The number of hydrogen-bond acceptors (Lipinski definition) is 3. The van der Waals surface area contributed by atoms with Crippen LogP contribution in [-0.4, -0.2) is 36.1 Å². The first-order valence-electron chi connectivity index (χ1n) is 8.80. The van der Waals surface area contributed by atoms with Crippen LogP contribution in [0.25, 0.3) is 0 Å². The van der Waals surface area contributed by atoms with E-state index in [1.54, 1.807) is 0 Å². The smallest absolute Gasteiger partial charge is 0.108 e. The predicted octanol–water partition coefficient (Wildman–Crippen LogP) is 3.56. The van der Waals surface area contributed by atoms with Crippen molar-refractivity contribution in [1.29, 1.82) is 5.26 Å². The number of nitrogens with zero attached hydrogens (tertiary/aromatic N) is 2. The fourth-order valence-electron chi connectivity index (χ4n) is 4.05. The van der Waals surface area contributed by atoms with Gasteiger partial charge in [-0.1, -0.05) is 27.7 Å². The van der Waals surface area contributed by atoms with Crippen LogP contribution in [-0.2, 0) is 0 Å². The van der Waals surface area contributed by atoms with Gasteiger partial charge >= 0.3 is 0 Å². The van der Waals surface area contributed by atoms with Gasteiger partial charge in [-0.2, -0.15) is 5.26 Å². The molecule has 0 bridgehead atoms. The van der Waals surface area contributed by atoms with E-state index in [-0.39, 0.29) is 5.54 Å². The van der Waals surface area contributed by atoms with E-state index < -0.39 is 0 Å². The Labute approximate surface area is 131 Å². The van der Waals surface area contributed by atoms with Gasteiger partial charge in [-0.15, -0.1) is 0 Å². The number of nitriles is 1. The molecule has 1 aliphatic carbocycles. The van der Waals surface area contributed by atoms with Crippen LogP contribution in [0.5, 0.6) is 0 Å². The van der Waals surface area contributed by atoms with Crippen LogP contribution in [0.2, 0.25) is 0 Å². The molecule has 1 N–H and O–H groups in total. The average Bonchev–Trinajstić information content (AvgIpc) is 2.95. The molecule has 0 aromatic heterocycles. The Kier molecular flexibility index (Phi) is 5.33. The minimum absolute atomic E-state index is 0.265. The second-order valence-corrected chi connectivity index (χ2v) is 8.22. The van der Waals surface area contributed by atoms with Crippen molar-refractivity contribution in [2.24, 2.45) is 11.3 Å². The third-order valence-electron chi connectivity index (χ3n) is 5.61. The second-order valence-electron chi connectivity index (χ2n) is 8.22. The van der Waals surface area contributed by atoms with Crippen molar-refractivity contribution in [1.82, 2.24) is 10.2 Å². The third kappa shape index (κ3) is 3.99. The number of nitrogens with one attached hydrogen (secondary N) is 1. The summed E-state index contributed by atoms with van der Waals surface area (Å²) < 4.78 is 0. The summed E-state index contributed by atoms with van der Waals surface area (Å²) in [6.07, 6.45) is 6.92. The predicted molar refractivity (Wildman–Crippen MR) is 88.0 cm³/mol. The average molecular weight is 291 g/mol. The van der Waals surface area contributed by atoms with E-state index in [4.69, 9.17) is 0 Å². The van der Waals surface area contributed by atoms with Gasteiger partial charge in [0.2, 0.25) is 0 Å². The Balaban J connectivity index is 1.97. The minimum atomic E-state index is -0.265. The maximum Gasteiger partial charge on any atom is 0.108 e. The highest BCUT2D eigenvalue weighted by molar-refractivity contribution is 5.11. The van der Waals surface area contributed by atoms with Gasteiger partial charge in [0.05, 0.1) is 6.07 Å². The van der Waals surface area contributed by atoms with Crippen molar-refractivity contribution < 1.29 is 0 Å². The van der Waals surface area contributed by atoms with Crippen molar-refractivity contribution in [3.8, 4) is 6.07 Å². The fraction of sp³-hybridized carbons (Fsp3) is 0.944. The summed E-state index contributed by atoms with van der Waals surface area (Å²) in [5.41, 5.74) is 0.148. The quantitative estimate of drug-likeness (QED) is 0.861. The summed E-state index contributed by atoms with van der Waals surface area (Å²) in [5.74, 6) is 0.805. The van der Waals surface area contributed by atoms with E-state index in [1.165, 1.54) is 32.4 Å². The van der Waals surface area contributed by atoms with E-state index in [9.17, 15) is 5.26 Å². The van der Waals surface area contributed by atoms with Crippen LogP contribution in [0.15, 0.2) is 0 Å². The van der Waals surface area contributed by atoms with Gasteiger partial charge < -0.3 is 0 Å². The molecule has 3 atom stereocenters. The molecule has 3 unspecified atom stereocenters. The number of likely N-dealkylation sites (tertiary alicyclic amines) is 1. The van der Waals surface area contributed by atoms with E-state index in [0.29, 0.717) is 11.5 Å². The summed E-state index contributed by atoms with van der Waals surface area (Å²) >= 11 is 0. The van der Waals surface area contributed by atoms with Crippen LogP contribution in [0.4, 0.5) is 0 Å². The molecule has 0 aromatic carbocycles. The molecule has 0 radical (unpaired) electrons. The Hall–Kier alpha value is -0.590. The Bertz CT molecular complexity index is 379. The highest BCUT2D eigenvalue weighted by Gasteiger charge is 2.41. The van der Waals surface area contributed by atoms with Crippen molar-refractivity contribution in [2.75, 3.05) is 19.6 Å². The van der Waals surface area contributed by atoms with Gasteiger partial charge in [0.15, 0.2) is 0 Å². The molecular formula is C18H33N3. The molecule has 1 saturated heterocycles. The molecule has 2 rings (SSSR count). The fourth-order valence-corrected chi connectivity index (χ4v) is 4.05. The second kappa shape index (κ2) is 6.67. The van der Waals surface area contributed by atoms with Gasteiger partial charge in [0.25, 0.3) is 0 Å². The summed E-state index contributed by atoms with van der Waals surface area (Å²) in [5, 5.41) is 13.2. The van der Waals surface area contributed by atoms with Crippen LogP contribution in [0.1, 0.15) is 66.2 Å². The molecule has 2 aliphatic rings. The zero-order valence-electron chi connectivity index (χ0n) is 14.4. The zero-order valence-corrected chi connectivity index (χ0v) is 14.4. The van der Waals surface area contributed by atoms with Gasteiger partial charge in [-0.25, -0.2) is 0 Å². The highest BCUT2D eigenvalue weighted by atomic mass is 15.2. The molecule has 120 valence electrons. The Morgan fingerprint density at radius 3 is 2.67 bits per heavy atom. The topological polar surface area (TPSA) is 39.1 Å². The molecule has 0 aromatic rings. The molecule has 3 nitrogen and oxygen atoms in total. The van der Waals surface area contributed by atoms with E-state index >= 15 is 0 Å². The number of hydrogen-bond donors (Lipinski definition) is 1. The standard InChI is InChI=1S/C18H33N3/c1-5-10-20-18(14-19)9-6-7-16(12-18)21-11-8-15(13-21)17(2,3)4/h15-16,20H,5-13H2,1-4H3. The normalized spacial score (nSPS) is 34.8. The molecule has 1 saturated carbocycles. The molecule has 21 heavy (non-hydrogen) atoms. The number of rotatable bonds is 4. The first kappa shape index (κ1) is 16.8. The lowest BCUT2D eigenvalue weighted by Crippen LogP contribution is -2.52. The lowest BCUT2D eigenvalue weighted by atomic mass is 9.78. The third-order valence-corrected chi connectivity index (χ3v) is 5.61. The molecule has 3 heteroatoms. The maximum atomic E-state index is 9.68. The summed E-state index contributed by atoms with van der Waals surface area (Å²) in [6.45, 7) is 12.7. The minimum Gasteiger partial charge on any atom is -0.300 e. The van der Waals surface area contributed by atoms with Gasteiger partial charge in [0, 0.05) is 12.6 Å². The van der Waals surface area contributed by atoms with Gasteiger partial charge in [0.1, 0.15) is 5.54 Å². The van der Waals surface area contributed by atoms with Crippen LogP contribution < -0.4 is 5.32 Å². The summed E-state index contributed by atoms with van der Waals surface area (Å²) in [6, 6.07) is 3.22. The van der Waals surface area contributed by atoms with E-state index in [0.717, 1.165) is 31.7 Å². The Morgan fingerprint density at radius 2 is 2.10 bits per heavy atom. The maximum absolute atomic E-state index is 9.68. The lowest BCUT2D eigenvalue weighted by Gasteiger charge is -2.41. The van der Waals surface area contributed by atoms with Crippen LogP contribution >= 0.6 is 0 Å². The lowest BCUT2D eigenvalue weighted by molar-refractivity contribution is 0.129. The molecule has 1 heterocycles. The molecule has 2 fully saturated rings. The monoisotopic (exact) mass is 291 g/mol. The molecular weight excluding hydrogens is 258 g/mol. The molecule has 1 aliphatic heterocycles. The van der Waals surface area contributed by atoms with E-state index in [2.05, 4.69) is 44.0 Å². The molecule has 0 spiro atoms. The van der Waals surface area contributed by atoms with Gasteiger partial charge in [-0.3, -0.25) is 10.2 Å². The first-order valence-corrected chi connectivity index (χ1v) is 8.80. The van der Waals surface area contributed by atoms with Crippen molar-refractivity contribution in [3.05, 3.63) is 0 Å². The molecule has 0 amide bonds. The van der Waals surface area contributed by atoms with Crippen LogP contribution in [0, 0.1) is 22.7 Å². The van der Waals surface area contributed by atoms with Gasteiger partial charge in [-0.05, 0) is 62.9 Å². The highest BCUT2D eigenvalue weighted by Crippen LogP contribution is 2.38. The largest absolute Gasteiger partial charge is 0.300 e. The van der Waals surface area contributed by atoms with Crippen molar-refractivity contribution in [2.45, 2.75) is 77.8 Å². The first-order chi connectivity index (χ1) is 9.90. The van der Waals surface area contributed by atoms with Crippen LogP contribution in [0.3, 0.4) is 0 Å². The van der Waals surface area contributed by atoms with Crippen molar-refractivity contribution >= 4 is 0 Å². The summed E-state index contributed by atoms with van der Waals surface area (Å²) in [4.78, 5) is 2.68. The van der Waals surface area contributed by atoms with E-state index in [1.807, 2.05) is 0 Å².